The number of hydrogen-bond acceptors (Lipinski definition) is 1. The molecule has 0 saturated heterocycles. The second kappa shape index (κ2) is 6.06. The van der Waals surface area contributed by atoms with E-state index in [9.17, 15) is 0 Å². The van der Waals surface area contributed by atoms with Gasteiger partial charge in [0.15, 0.2) is 0 Å². The molecule has 0 aliphatic heterocycles. The van der Waals surface area contributed by atoms with Crippen LogP contribution in [0, 0.1) is 0 Å². The number of nitrogens with two attached hydrogens (primary N) is 1. The van der Waals surface area contributed by atoms with Crippen molar-refractivity contribution >= 4 is 0 Å². The maximum absolute atomic E-state index is 5.42. The van der Waals surface area contributed by atoms with Crippen molar-refractivity contribution in [3.63, 3.8) is 0 Å². The Labute approximate surface area is 80.6 Å². The topological polar surface area (TPSA) is 26.0 Å². The summed E-state index contributed by atoms with van der Waals surface area (Å²) in [5, 5.41) is 0. The van der Waals surface area contributed by atoms with E-state index in [0.717, 1.165) is 11.1 Å². The van der Waals surface area contributed by atoms with Gasteiger partial charge in [0.25, 0.3) is 0 Å². The molecule has 0 rings (SSSR count). The van der Waals surface area contributed by atoms with Gasteiger partial charge >= 0.3 is 0 Å². The monoisotopic (exact) mass is 175 g/mol. The van der Waals surface area contributed by atoms with Crippen LogP contribution in [0.5, 0.6) is 0 Å². The summed E-state index contributed by atoms with van der Waals surface area (Å²) in [6.07, 6.45) is 9.61. The van der Waals surface area contributed by atoms with E-state index < -0.39 is 0 Å². The number of allylic oxidation sites excluding steroid dienone is 7. The molecule has 1 nitrogen and oxygen atoms in total. The zero-order valence-electron chi connectivity index (χ0n) is 8.38. The molecule has 0 bridgehead atoms. The molecule has 0 radical (unpaired) electrons. The average molecular weight is 175 g/mol. The first-order valence-electron chi connectivity index (χ1n) is 4.18. The van der Waals surface area contributed by atoms with Gasteiger partial charge in [0.05, 0.1) is 0 Å². The standard InChI is InChI=1S/C12H17N/c1-5-6-10(2)7-8-11(3)9-12(4)13/h5-9H,2,4,13H2,1,3H3/b6-5-,8-7-,11-9-. The Kier molecular flexibility index (Phi) is 5.37. The average Bonchev–Trinajstić information content (AvgIpc) is 2.00. The molecule has 0 aromatic carbocycles. The zero-order valence-corrected chi connectivity index (χ0v) is 8.38. The first-order chi connectivity index (χ1) is 6.06. The molecule has 0 heterocycles. The summed E-state index contributed by atoms with van der Waals surface area (Å²) < 4.78 is 0. The summed E-state index contributed by atoms with van der Waals surface area (Å²) in [5.41, 5.74) is 8.02. The predicted molar refractivity (Wildman–Crippen MR) is 60.2 cm³/mol. The summed E-state index contributed by atoms with van der Waals surface area (Å²) in [5.74, 6) is 0. The fourth-order valence-corrected chi connectivity index (χ4v) is 0.849. The van der Waals surface area contributed by atoms with Crippen molar-refractivity contribution in [2.24, 2.45) is 5.73 Å². The fourth-order valence-electron chi connectivity index (χ4n) is 0.849. The summed E-state index contributed by atoms with van der Waals surface area (Å²) in [6.45, 7) is 11.4. The number of hydrogen-bond donors (Lipinski definition) is 1. The van der Waals surface area contributed by atoms with Crippen LogP contribution in [-0.2, 0) is 0 Å². The lowest BCUT2D eigenvalue weighted by atomic mass is 10.2. The van der Waals surface area contributed by atoms with E-state index in [0.29, 0.717) is 5.70 Å². The molecule has 0 saturated carbocycles. The van der Waals surface area contributed by atoms with Crippen LogP contribution < -0.4 is 5.73 Å². The minimum atomic E-state index is 0.568. The van der Waals surface area contributed by atoms with Crippen LogP contribution in [0.2, 0.25) is 0 Å². The molecule has 0 spiro atoms. The third kappa shape index (κ3) is 6.88. The van der Waals surface area contributed by atoms with Crippen molar-refractivity contribution in [1.82, 2.24) is 0 Å². The van der Waals surface area contributed by atoms with Crippen LogP contribution in [-0.4, -0.2) is 0 Å². The highest BCUT2D eigenvalue weighted by atomic mass is 14.5. The van der Waals surface area contributed by atoms with Crippen LogP contribution in [0.4, 0.5) is 0 Å². The van der Waals surface area contributed by atoms with Gasteiger partial charge in [-0.05, 0) is 31.1 Å². The molecule has 0 aromatic rings. The van der Waals surface area contributed by atoms with Gasteiger partial charge in [0.1, 0.15) is 0 Å². The lowest BCUT2D eigenvalue weighted by Crippen LogP contribution is -1.89. The van der Waals surface area contributed by atoms with Crippen LogP contribution in [0.3, 0.4) is 0 Å². The SMILES string of the molecule is C=C(N)/C=C(C)\C=C/C(=C)/C=C\C. The van der Waals surface area contributed by atoms with Crippen LogP contribution in [0.1, 0.15) is 13.8 Å². The summed E-state index contributed by atoms with van der Waals surface area (Å²) in [6, 6.07) is 0. The van der Waals surface area contributed by atoms with Crippen LogP contribution in [0.25, 0.3) is 0 Å². The summed E-state index contributed by atoms with van der Waals surface area (Å²) in [7, 11) is 0. The van der Waals surface area contributed by atoms with Gasteiger partial charge in [-0.3, -0.25) is 0 Å². The van der Waals surface area contributed by atoms with Crippen molar-refractivity contribution < 1.29 is 0 Å². The van der Waals surface area contributed by atoms with E-state index in [2.05, 4.69) is 13.2 Å². The molecule has 0 aromatic heterocycles. The van der Waals surface area contributed by atoms with E-state index in [-0.39, 0.29) is 0 Å². The highest BCUT2D eigenvalue weighted by Gasteiger charge is 1.83. The maximum Gasteiger partial charge on any atom is 0.0243 e. The summed E-state index contributed by atoms with van der Waals surface area (Å²) in [4.78, 5) is 0. The van der Waals surface area contributed by atoms with Gasteiger partial charge in [0, 0.05) is 5.70 Å². The van der Waals surface area contributed by atoms with Crippen LogP contribution in [0.15, 0.2) is 60.4 Å². The predicted octanol–water partition coefficient (Wildman–Crippen LogP) is 3.09. The first-order valence-corrected chi connectivity index (χ1v) is 4.18. The van der Waals surface area contributed by atoms with Crippen LogP contribution >= 0.6 is 0 Å². The molecule has 1 heteroatoms. The van der Waals surface area contributed by atoms with Gasteiger partial charge in [-0.25, -0.2) is 0 Å². The second-order valence-electron chi connectivity index (χ2n) is 2.87. The van der Waals surface area contributed by atoms with E-state index in [1.54, 1.807) is 0 Å². The van der Waals surface area contributed by atoms with Crippen molar-refractivity contribution in [1.29, 1.82) is 0 Å². The number of rotatable bonds is 4. The lowest BCUT2D eigenvalue weighted by Gasteiger charge is -1.92. The van der Waals surface area contributed by atoms with Gasteiger partial charge in [-0.1, -0.05) is 37.5 Å². The van der Waals surface area contributed by atoms with Gasteiger partial charge in [-0.15, -0.1) is 0 Å². The van der Waals surface area contributed by atoms with Crippen molar-refractivity contribution in [3.8, 4) is 0 Å². The van der Waals surface area contributed by atoms with Gasteiger partial charge in [0.2, 0.25) is 0 Å². The lowest BCUT2D eigenvalue weighted by molar-refractivity contribution is 1.39. The first kappa shape index (κ1) is 11.5. The Balaban J connectivity index is 4.27. The Morgan fingerprint density at radius 2 is 1.77 bits per heavy atom. The van der Waals surface area contributed by atoms with E-state index in [4.69, 9.17) is 5.73 Å². The summed E-state index contributed by atoms with van der Waals surface area (Å²) >= 11 is 0. The van der Waals surface area contributed by atoms with Crippen molar-refractivity contribution in [2.45, 2.75) is 13.8 Å². The highest BCUT2D eigenvalue weighted by molar-refractivity contribution is 5.33. The molecular weight excluding hydrogens is 158 g/mol. The largest absolute Gasteiger partial charge is 0.399 e. The molecule has 0 atom stereocenters. The molecule has 0 aliphatic rings. The van der Waals surface area contributed by atoms with Crippen molar-refractivity contribution in [2.75, 3.05) is 0 Å². The second-order valence-corrected chi connectivity index (χ2v) is 2.87. The quantitative estimate of drug-likeness (QED) is 0.653. The maximum atomic E-state index is 5.42. The molecule has 2 N–H and O–H groups in total. The van der Waals surface area contributed by atoms with E-state index in [1.807, 2.05) is 44.2 Å². The Morgan fingerprint density at radius 3 is 2.23 bits per heavy atom. The fraction of sp³-hybridized carbons (Fsp3) is 0.167. The Morgan fingerprint density at radius 1 is 1.15 bits per heavy atom. The minimum absolute atomic E-state index is 0.568. The molecule has 0 aliphatic carbocycles. The Bertz CT molecular complexity index is 277. The third-order valence-corrected chi connectivity index (χ3v) is 1.35. The molecule has 13 heavy (non-hydrogen) atoms. The van der Waals surface area contributed by atoms with Gasteiger partial charge < -0.3 is 5.73 Å². The zero-order chi connectivity index (χ0) is 10.3. The van der Waals surface area contributed by atoms with Gasteiger partial charge in [-0.2, -0.15) is 0 Å². The highest BCUT2D eigenvalue weighted by Crippen LogP contribution is 2.02. The Hall–Kier alpha value is -1.50. The van der Waals surface area contributed by atoms with E-state index in [1.165, 1.54) is 0 Å². The molecule has 0 fully saturated rings. The van der Waals surface area contributed by atoms with E-state index >= 15 is 0 Å². The van der Waals surface area contributed by atoms with Crippen molar-refractivity contribution in [3.05, 3.63) is 60.4 Å². The molecule has 0 unspecified atom stereocenters. The molecule has 0 amide bonds. The normalized spacial score (nSPS) is 12.6. The minimum Gasteiger partial charge on any atom is -0.399 e. The molecular formula is C12H17N. The molecule has 70 valence electrons. The third-order valence-electron chi connectivity index (χ3n) is 1.35. The smallest absolute Gasteiger partial charge is 0.0243 e.